The Kier molecular flexibility index (Phi) is 5.23. The van der Waals surface area contributed by atoms with E-state index >= 15 is 0 Å². The second-order valence-electron chi connectivity index (χ2n) is 8.57. The van der Waals surface area contributed by atoms with Crippen LogP contribution in [0.25, 0.3) is 0 Å². The van der Waals surface area contributed by atoms with Crippen LogP contribution in [0.4, 0.5) is 4.79 Å². The lowest BCUT2D eigenvalue weighted by Crippen LogP contribution is -2.55. The molecule has 166 valence electrons. The van der Waals surface area contributed by atoms with Gasteiger partial charge in [0.2, 0.25) is 10.0 Å². The van der Waals surface area contributed by atoms with Gasteiger partial charge in [0.05, 0.1) is 16.7 Å². The largest absolute Gasteiger partial charge is 0.501 e. The number of urea groups is 1. The highest BCUT2D eigenvalue weighted by atomic mass is 32.2. The van der Waals surface area contributed by atoms with Crippen LogP contribution in [0.3, 0.4) is 0 Å². The Morgan fingerprint density at radius 2 is 2.10 bits per heavy atom. The summed E-state index contributed by atoms with van der Waals surface area (Å²) < 4.78 is 34.7. The van der Waals surface area contributed by atoms with Crippen LogP contribution in [0.5, 0.6) is 0 Å². The molecule has 10 nitrogen and oxygen atoms in total. The summed E-state index contributed by atoms with van der Waals surface area (Å²) in [6.07, 6.45) is 4.85. The first-order valence-corrected chi connectivity index (χ1v) is 11.5. The molecule has 3 aliphatic rings. The van der Waals surface area contributed by atoms with E-state index in [-0.39, 0.29) is 18.0 Å². The number of aromatic nitrogens is 1. The minimum Gasteiger partial charge on any atom is -0.389 e. The molecule has 2 aliphatic carbocycles. The Morgan fingerprint density at radius 3 is 2.68 bits per heavy atom. The van der Waals surface area contributed by atoms with Gasteiger partial charge in [-0.05, 0) is 51.8 Å². The summed E-state index contributed by atoms with van der Waals surface area (Å²) in [4.78, 5) is 27.3. The summed E-state index contributed by atoms with van der Waals surface area (Å²) in [5, 5.41) is 13.7. The average Bonchev–Trinajstić information content (AvgIpc) is 3.25. The molecule has 31 heavy (non-hydrogen) atoms. The molecule has 2 N–H and O–H groups in total. The van der Waals surface area contributed by atoms with E-state index in [2.05, 4.69) is 9.88 Å². The van der Waals surface area contributed by atoms with E-state index in [0.717, 1.165) is 17.7 Å². The summed E-state index contributed by atoms with van der Waals surface area (Å²) in [6.45, 7) is 4.89. The molecule has 1 saturated carbocycles. The van der Waals surface area contributed by atoms with Crippen molar-refractivity contribution in [2.45, 2.75) is 51.8 Å². The first-order valence-electron chi connectivity index (χ1n) is 10.0. The number of fused-ring (bicyclic) bond motifs is 1. The SMILES string of the molecule is Cc1cc(CN2C(=O)C3C=C(S(=O)(=O)NC4(C)CC4)C=CC3=[N+](CC(C)O)C2=O)on1. The number of carbonyl (C=O) groups is 2. The van der Waals surface area contributed by atoms with Crippen molar-refractivity contribution in [1.82, 2.24) is 14.8 Å². The van der Waals surface area contributed by atoms with E-state index in [4.69, 9.17) is 4.52 Å². The molecule has 0 spiro atoms. The number of sulfonamides is 1. The van der Waals surface area contributed by atoms with Crippen molar-refractivity contribution in [3.05, 3.63) is 40.7 Å². The van der Waals surface area contributed by atoms with E-state index in [1.807, 2.05) is 6.92 Å². The minimum absolute atomic E-state index is 0.0236. The Labute approximate surface area is 179 Å². The summed E-state index contributed by atoms with van der Waals surface area (Å²) in [7, 11) is -3.82. The Hall–Kier alpha value is -2.63. The van der Waals surface area contributed by atoms with Gasteiger partial charge >= 0.3 is 11.9 Å². The minimum atomic E-state index is -3.82. The van der Waals surface area contributed by atoms with Gasteiger partial charge in [0.15, 0.2) is 12.3 Å². The number of amides is 3. The van der Waals surface area contributed by atoms with Gasteiger partial charge < -0.3 is 9.63 Å². The molecular weight excluding hydrogens is 424 g/mol. The number of aryl methyl sites for hydroxylation is 1. The molecule has 2 heterocycles. The van der Waals surface area contributed by atoms with E-state index < -0.39 is 39.5 Å². The molecule has 0 saturated heterocycles. The van der Waals surface area contributed by atoms with Crippen LogP contribution < -0.4 is 4.72 Å². The number of hydrogen-bond acceptors (Lipinski definition) is 7. The van der Waals surface area contributed by atoms with Crippen LogP contribution in [0, 0.1) is 12.8 Å². The van der Waals surface area contributed by atoms with Crippen LogP contribution in [-0.2, 0) is 21.4 Å². The third kappa shape index (κ3) is 4.25. The predicted octanol–water partition coefficient (Wildman–Crippen LogP) is 0.821. The molecule has 0 bridgehead atoms. The monoisotopic (exact) mass is 449 g/mol. The maximum atomic E-state index is 13.2. The number of nitrogens with one attached hydrogen (secondary N) is 1. The fourth-order valence-corrected chi connectivity index (χ4v) is 5.18. The Bertz CT molecular complexity index is 1140. The lowest BCUT2D eigenvalue weighted by atomic mass is 9.94. The molecule has 1 aliphatic heterocycles. The van der Waals surface area contributed by atoms with E-state index in [1.165, 1.54) is 29.7 Å². The molecule has 3 amide bonds. The highest BCUT2D eigenvalue weighted by Gasteiger charge is 2.49. The first-order chi connectivity index (χ1) is 14.5. The van der Waals surface area contributed by atoms with Crippen LogP contribution in [0.2, 0.25) is 0 Å². The lowest BCUT2D eigenvalue weighted by Gasteiger charge is -2.28. The van der Waals surface area contributed by atoms with Crippen molar-refractivity contribution < 1.29 is 32.2 Å². The Morgan fingerprint density at radius 1 is 1.39 bits per heavy atom. The van der Waals surface area contributed by atoms with Crippen molar-refractivity contribution in [2.24, 2.45) is 5.92 Å². The third-order valence-corrected chi connectivity index (χ3v) is 7.16. The predicted molar refractivity (Wildman–Crippen MR) is 109 cm³/mol. The number of aliphatic hydroxyl groups excluding tert-OH is 1. The zero-order valence-electron chi connectivity index (χ0n) is 17.5. The number of hydrogen-bond donors (Lipinski definition) is 2. The quantitative estimate of drug-likeness (QED) is 0.589. The number of carbonyl (C=O) groups excluding carboxylic acids is 2. The molecule has 0 radical (unpaired) electrons. The molecule has 1 aromatic rings. The third-order valence-electron chi connectivity index (χ3n) is 5.50. The standard InChI is InChI=1S/C20H25N4O6S/c1-12-8-14(30-21-12)11-24-18(26)16-9-15(31(28,29)22-20(3)6-7-20)4-5-17(16)23(19(24)27)10-13(2)25/h4-5,8-9,13,16,22,25H,6-7,10-11H2,1-3H3/q+1. The molecule has 1 aromatic heterocycles. The molecular formula is C20H25N4O6S+. The van der Waals surface area contributed by atoms with Crippen molar-refractivity contribution in [1.29, 1.82) is 0 Å². The van der Waals surface area contributed by atoms with Crippen molar-refractivity contribution in [2.75, 3.05) is 6.54 Å². The molecule has 1 fully saturated rings. The van der Waals surface area contributed by atoms with Gasteiger partial charge in [-0.25, -0.2) is 17.9 Å². The zero-order chi connectivity index (χ0) is 22.6. The van der Waals surface area contributed by atoms with Gasteiger partial charge in [-0.1, -0.05) is 5.16 Å². The number of β-amino-alcohol motifs (C(OH)–C–C–N with tert-alkyl or cyclic N) is 1. The second kappa shape index (κ2) is 7.50. The van der Waals surface area contributed by atoms with Gasteiger partial charge in [0.1, 0.15) is 18.2 Å². The van der Waals surface area contributed by atoms with Gasteiger partial charge in [0.25, 0.3) is 0 Å². The average molecular weight is 450 g/mol. The van der Waals surface area contributed by atoms with E-state index in [9.17, 15) is 23.1 Å². The molecule has 2 unspecified atom stereocenters. The van der Waals surface area contributed by atoms with Gasteiger partial charge in [-0.3, -0.25) is 0 Å². The topological polar surface area (TPSA) is 133 Å². The number of imide groups is 1. The number of rotatable bonds is 7. The number of aliphatic hydroxyl groups is 1. The molecule has 4 rings (SSSR count). The maximum absolute atomic E-state index is 13.2. The fraction of sp³-hybridized carbons (Fsp3) is 0.500. The highest BCUT2D eigenvalue weighted by Crippen LogP contribution is 2.36. The van der Waals surface area contributed by atoms with Crippen molar-refractivity contribution in [3.8, 4) is 0 Å². The summed E-state index contributed by atoms with van der Waals surface area (Å²) in [5.74, 6) is -1.22. The fourth-order valence-electron chi connectivity index (χ4n) is 3.64. The number of allylic oxidation sites excluding steroid dienone is 2. The second-order valence-corrected chi connectivity index (χ2v) is 10.3. The van der Waals surface area contributed by atoms with Crippen LogP contribution in [-0.4, -0.2) is 64.0 Å². The molecule has 2 atom stereocenters. The lowest BCUT2D eigenvalue weighted by molar-refractivity contribution is -0.450. The first kappa shape index (κ1) is 21.6. The number of nitrogens with zero attached hydrogens (tertiary/aromatic N) is 3. The van der Waals surface area contributed by atoms with Crippen LogP contribution in [0.15, 0.2) is 33.7 Å². The van der Waals surface area contributed by atoms with Crippen LogP contribution >= 0.6 is 0 Å². The maximum Gasteiger partial charge on any atom is 0.501 e. The Balaban J connectivity index is 1.72. The molecule has 0 aromatic carbocycles. The molecule has 11 heteroatoms. The van der Waals surface area contributed by atoms with Crippen LogP contribution in [0.1, 0.15) is 38.1 Å². The van der Waals surface area contributed by atoms with Gasteiger partial charge in [-0.15, -0.1) is 0 Å². The van der Waals surface area contributed by atoms with Crippen molar-refractivity contribution in [3.63, 3.8) is 0 Å². The van der Waals surface area contributed by atoms with E-state index in [1.54, 1.807) is 13.0 Å². The zero-order valence-corrected chi connectivity index (χ0v) is 18.3. The van der Waals surface area contributed by atoms with E-state index in [0.29, 0.717) is 17.2 Å². The summed E-state index contributed by atoms with van der Waals surface area (Å²) in [5.41, 5.74) is 0.476. The van der Waals surface area contributed by atoms with Gasteiger partial charge in [0, 0.05) is 11.6 Å². The smallest absolute Gasteiger partial charge is 0.389 e. The summed E-state index contributed by atoms with van der Waals surface area (Å²) in [6, 6.07) is 1.00. The summed E-state index contributed by atoms with van der Waals surface area (Å²) >= 11 is 0. The normalized spacial score (nSPS) is 23.7. The highest BCUT2D eigenvalue weighted by molar-refractivity contribution is 7.93. The van der Waals surface area contributed by atoms with Gasteiger partial charge in [-0.2, -0.15) is 14.3 Å². The van der Waals surface area contributed by atoms with Crippen molar-refractivity contribution >= 4 is 27.7 Å².